The van der Waals surface area contributed by atoms with Gasteiger partial charge in [0.2, 0.25) is 0 Å². The van der Waals surface area contributed by atoms with Crippen LogP contribution in [0, 0.1) is 5.41 Å². The summed E-state index contributed by atoms with van der Waals surface area (Å²) in [5.74, 6) is 1.92. The third-order valence-corrected chi connectivity index (χ3v) is 4.57. The molecule has 0 unspecified atom stereocenters. The first kappa shape index (κ1) is 14.1. The largest absolute Gasteiger partial charge is 0.387 e. The fourth-order valence-electron chi connectivity index (χ4n) is 3.06. The summed E-state index contributed by atoms with van der Waals surface area (Å²) in [6.45, 7) is 4.68. The van der Waals surface area contributed by atoms with E-state index in [-0.39, 0.29) is 0 Å². The van der Waals surface area contributed by atoms with Crippen molar-refractivity contribution in [3.63, 3.8) is 0 Å². The van der Waals surface area contributed by atoms with Crippen molar-refractivity contribution in [3.05, 3.63) is 30.1 Å². The Morgan fingerprint density at radius 1 is 1.19 bits per heavy atom. The average Bonchev–Trinajstić information content (AvgIpc) is 2.97. The minimum absolute atomic E-state index is 0.442. The Kier molecular flexibility index (Phi) is 3.70. The van der Waals surface area contributed by atoms with Gasteiger partial charge in [-0.3, -0.25) is 0 Å². The van der Waals surface area contributed by atoms with Crippen LogP contribution in [0.15, 0.2) is 28.8 Å². The molecule has 0 saturated heterocycles. The summed E-state index contributed by atoms with van der Waals surface area (Å²) in [5, 5.41) is 7.39. The molecule has 0 spiro atoms. The van der Waals surface area contributed by atoms with Crippen LogP contribution in [0.25, 0.3) is 11.5 Å². The maximum Gasteiger partial charge on any atom is 0.260 e. The molecule has 1 N–H and O–H groups in total. The zero-order valence-corrected chi connectivity index (χ0v) is 13.0. The molecule has 3 rings (SSSR count). The van der Waals surface area contributed by atoms with E-state index in [1.807, 2.05) is 31.3 Å². The lowest BCUT2D eigenvalue weighted by molar-refractivity contribution is 0.218. The summed E-state index contributed by atoms with van der Waals surface area (Å²) in [6.07, 6.45) is 4.77. The Morgan fingerprint density at radius 2 is 1.90 bits per heavy atom. The second-order valence-corrected chi connectivity index (χ2v) is 6.69. The monoisotopic (exact) mass is 285 g/mol. The highest BCUT2D eigenvalue weighted by Gasteiger charge is 2.30. The van der Waals surface area contributed by atoms with Gasteiger partial charge >= 0.3 is 0 Å². The minimum Gasteiger partial charge on any atom is -0.387 e. The number of anilines is 1. The Hall–Kier alpha value is -1.84. The van der Waals surface area contributed by atoms with Gasteiger partial charge in [0.15, 0.2) is 5.82 Å². The lowest BCUT2D eigenvalue weighted by Gasteiger charge is -2.32. The van der Waals surface area contributed by atoms with Crippen LogP contribution >= 0.6 is 0 Å². The van der Waals surface area contributed by atoms with Crippen molar-refractivity contribution in [2.24, 2.45) is 5.41 Å². The predicted octanol–water partition coefficient (Wildman–Crippen LogP) is 4.46. The number of aromatic nitrogens is 2. The van der Waals surface area contributed by atoms with Crippen LogP contribution in [0.1, 0.15) is 51.3 Å². The summed E-state index contributed by atoms with van der Waals surface area (Å²) in [6, 6.07) is 8.01. The SMILES string of the molecule is CNc1ccccc1-c1nc(C2CCC(C)(C)CC2)no1. The molecule has 1 aliphatic carbocycles. The molecule has 0 aliphatic heterocycles. The number of rotatable bonds is 3. The van der Waals surface area contributed by atoms with Crippen LogP contribution in [0.5, 0.6) is 0 Å². The van der Waals surface area contributed by atoms with Gasteiger partial charge in [0.05, 0.1) is 5.56 Å². The standard InChI is InChI=1S/C17H23N3O/c1-17(2)10-8-12(9-11-17)15-19-16(21-20-15)13-6-4-5-7-14(13)18-3/h4-7,12,18H,8-11H2,1-3H3. The number of nitrogens with one attached hydrogen (secondary N) is 1. The normalized spacial score (nSPS) is 18.6. The van der Waals surface area contributed by atoms with Gasteiger partial charge < -0.3 is 9.84 Å². The quantitative estimate of drug-likeness (QED) is 0.904. The van der Waals surface area contributed by atoms with E-state index in [0.29, 0.717) is 17.2 Å². The molecule has 1 saturated carbocycles. The van der Waals surface area contributed by atoms with Crippen LogP contribution in [0.3, 0.4) is 0 Å². The predicted molar refractivity (Wildman–Crippen MR) is 84.3 cm³/mol. The Bertz CT molecular complexity index is 608. The molecular weight excluding hydrogens is 262 g/mol. The average molecular weight is 285 g/mol. The van der Waals surface area contributed by atoms with Crippen molar-refractivity contribution in [2.45, 2.75) is 45.4 Å². The molecule has 112 valence electrons. The first-order chi connectivity index (χ1) is 10.1. The fraction of sp³-hybridized carbons (Fsp3) is 0.529. The van der Waals surface area contributed by atoms with Gasteiger partial charge in [0.1, 0.15) is 0 Å². The lowest BCUT2D eigenvalue weighted by atomic mass is 9.73. The van der Waals surface area contributed by atoms with Crippen LogP contribution in [0.2, 0.25) is 0 Å². The Morgan fingerprint density at radius 3 is 2.62 bits per heavy atom. The molecule has 4 heteroatoms. The molecule has 21 heavy (non-hydrogen) atoms. The maximum atomic E-state index is 5.50. The summed E-state index contributed by atoms with van der Waals surface area (Å²) >= 11 is 0. The zero-order chi connectivity index (χ0) is 14.9. The van der Waals surface area contributed by atoms with Crippen molar-refractivity contribution >= 4 is 5.69 Å². The van der Waals surface area contributed by atoms with E-state index < -0.39 is 0 Å². The molecule has 1 heterocycles. The molecule has 0 amide bonds. The number of benzene rings is 1. The third kappa shape index (κ3) is 2.94. The van der Waals surface area contributed by atoms with Gasteiger partial charge in [-0.05, 0) is 43.2 Å². The highest BCUT2D eigenvalue weighted by Crippen LogP contribution is 2.42. The van der Waals surface area contributed by atoms with Crippen LogP contribution in [0.4, 0.5) is 5.69 Å². The first-order valence-electron chi connectivity index (χ1n) is 7.70. The molecule has 1 fully saturated rings. The second-order valence-electron chi connectivity index (χ2n) is 6.69. The Labute approximate surface area is 126 Å². The van der Waals surface area contributed by atoms with Gasteiger partial charge in [-0.15, -0.1) is 0 Å². The number of nitrogens with zero attached hydrogens (tertiary/aromatic N) is 2. The van der Waals surface area contributed by atoms with Crippen molar-refractivity contribution in [1.82, 2.24) is 10.1 Å². The fourth-order valence-corrected chi connectivity index (χ4v) is 3.06. The third-order valence-electron chi connectivity index (χ3n) is 4.57. The zero-order valence-electron chi connectivity index (χ0n) is 13.0. The van der Waals surface area contributed by atoms with Gasteiger partial charge in [0.25, 0.3) is 5.89 Å². The first-order valence-corrected chi connectivity index (χ1v) is 7.70. The molecule has 0 bridgehead atoms. The van der Waals surface area contributed by atoms with Crippen molar-refractivity contribution < 1.29 is 4.52 Å². The van der Waals surface area contributed by atoms with Crippen LogP contribution in [-0.2, 0) is 0 Å². The molecule has 0 atom stereocenters. The van der Waals surface area contributed by atoms with E-state index in [2.05, 4.69) is 29.3 Å². The topological polar surface area (TPSA) is 51.0 Å². The Balaban J connectivity index is 1.81. The molecule has 1 aromatic carbocycles. The smallest absolute Gasteiger partial charge is 0.260 e. The molecule has 1 aliphatic rings. The van der Waals surface area contributed by atoms with E-state index in [9.17, 15) is 0 Å². The van der Waals surface area contributed by atoms with E-state index in [1.54, 1.807) is 0 Å². The molecule has 1 aromatic heterocycles. The molecule has 2 aromatic rings. The van der Waals surface area contributed by atoms with Crippen LogP contribution < -0.4 is 5.32 Å². The molecule has 0 radical (unpaired) electrons. The van der Waals surface area contributed by atoms with Gasteiger partial charge in [-0.25, -0.2) is 0 Å². The van der Waals surface area contributed by atoms with Crippen molar-refractivity contribution in [2.75, 3.05) is 12.4 Å². The van der Waals surface area contributed by atoms with Gasteiger partial charge in [-0.1, -0.05) is 31.1 Å². The molecular formula is C17H23N3O. The molecule has 4 nitrogen and oxygen atoms in total. The number of para-hydroxylation sites is 1. The summed E-state index contributed by atoms with van der Waals surface area (Å²) in [5.41, 5.74) is 2.44. The van der Waals surface area contributed by atoms with Crippen LogP contribution in [-0.4, -0.2) is 17.2 Å². The maximum absolute atomic E-state index is 5.50. The van der Waals surface area contributed by atoms with Crippen molar-refractivity contribution in [3.8, 4) is 11.5 Å². The van der Waals surface area contributed by atoms with Crippen molar-refractivity contribution in [1.29, 1.82) is 0 Å². The number of hydrogen-bond donors (Lipinski definition) is 1. The second kappa shape index (κ2) is 5.51. The van der Waals surface area contributed by atoms with Gasteiger partial charge in [-0.2, -0.15) is 4.98 Å². The van der Waals surface area contributed by atoms with E-state index in [4.69, 9.17) is 4.52 Å². The summed E-state index contributed by atoms with van der Waals surface area (Å²) < 4.78 is 5.50. The lowest BCUT2D eigenvalue weighted by Crippen LogP contribution is -2.20. The summed E-state index contributed by atoms with van der Waals surface area (Å²) in [7, 11) is 1.90. The van der Waals surface area contributed by atoms with Gasteiger partial charge in [0, 0.05) is 18.7 Å². The number of hydrogen-bond acceptors (Lipinski definition) is 4. The summed E-state index contributed by atoms with van der Waals surface area (Å²) in [4.78, 5) is 4.64. The van der Waals surface area contributed by atoms with E-state index in [0.717, 1.165) is 29.9 Å². The highest BCUT2D eigenvalue weighted by molar-refractivity contribution is 5.72. The highest BCUT2D eigenvalue weighted by atomic mass is 16.5. The van der Waals surface area contributed by atoms with E-state index in [1.165, 1.54) is 12.8 Å². The van der Waals surface area contributed by atoms with E-state index >= 15 is 0 Å². The minimum atomic E-state index is 0.442.